The van der Waals surface area contributed by atoms with E-state index in [2.05, 4.69) is 5.16 Å². The summed E-state index contributed by atoms with van der Waals surface area (Å²) in [6.45, 7) is 0.0630. The first kappa shape index (κ1) is 12.7. The third-order valence-electron chi connectivity index (χ3n) is 2.24. The summed E-state index contributed by atoms with van der Waals surface area (Å²) >= 11 is 2.02. The molecule has 0 fully saturated rings. The number of aliphatic hydroxyl groups is 1. The van der Waals surface area contributed by atoms with Gasteiger partial charge in [-0.3, -0.25) is 0 Å². The van der Waals surface area contributed by atoms with E-state index in [9.17, 15) is 0 Å². The zero-order valence-corrected chi connectivity index (χ0v) is 11.8. The molecule has 90 valence electrons. The second-order valence-electron chi connectivity index (χ2n) is 3.43. The fourth-order valence-electron chi connectivity index (χ4n) is 1.41. The van der Waals surface area contributed by atoms with Gasteiger partial charge in [-0.1, -0.05) is 24.3 Å². The van der Waals surface area contributed by atoms with Crippen LogP contribution in [0.4, 0.5) is 0 Å². The van der Waals surface area contributed by atoms with Gasteiger partial charge in [0.2, 0.25) is 0 Å². The Labute approximate surface area is 115 Å². The van der Waals surface area contributed by atoms with Gasteiger partial charge in [-0.2, -0.15) is 0 Å². The summed E-state index contributed by atoms with van der Waals surface area (Å²) in [5.41, 5.74) is 2.00. The van der Waals surface area contributed by atoms with Crippen LogP contribution in [0.1, 0.15) is 16.9 Å². The Morgan fingerprint density at radius 2 is 2.00 bits per heavy atom. The summed E-state index contributed by atoms with van der Waals surface area (Å²) < 4.78 is 10.3. The third-order valence-corrected chi connectivity index (χ3v) is 3.01. The maximum atomic E-state index is 8.93. The molecule has 1 aromatic carbocycles. The average Bonchev–Trinajstić information content (AvgIpc) is 2.78. The molecule has 1 N–H and O–H groups in total. The summed E-state index contributed by atoms with van der Waals surface area (Å²) in [5.74, 6) is 1.23. The fourth-order valence-corrected chi connectivity index (χ4v) is 2.11. The highest BCUT2D eigenvalue weighted by Gasteiger charge is 2.06. The monoisotopic (exact) mass is 363 g/mol. The van der Waals surface area contributed by atoms with E-state index in [-0.39, 0.29) is 6.61 Å². The Morgan fingerprint density at radius 3 is 2.65 bits per heavy atom. The van der Waals surface area contributed by atoms with E-state index in [1.54, 1.807) is 6.07 Å². The molecule has 0 spiro atoms. The predicted molar refractivity (Wildman–Crippen MR) is 73.9 cm³/mol. The second kappa shape index (κ2) is 6.27. The minimum atomic E-state index is 0.0630. The fraction of sp³-hybridized carbons (Fsp3) is 0.182. The number of aromatic nitrogens is 1. The van der Waals surface area contributed by atoms with Crippen molar-refractivity contribution in [2.75, 3.05) is 0 Å². The van der Waals surface area contributed by atoms with Gasteiger partial charge in [-0.25, -0.2) is 0 Å². The lowest BCUT2D eigenvalue weighted by Gasteiger charge is -1.99. The largest absolute Gasteiger partial charge is 0.392 e. The van der Waals surface area contributed by atoms with Crippen LogP contribution in [0, 0.1) is 0 Å². The number of rotatable bonds is 5. The maximum Gasteiger partial charge on any atom is 0.268 e. The topological polar surface area (TPSA) is 55.5 Å². The van der Waals surface area contributed by atoms with E-state index in [0.717, 1.165) is 16.9 Å². The van der Waals surface area contributed by atoms with Crippen molar-refractivity contribution in [3.63, 3.8) is 0 Å². The minimum Gasteiger partial charge on any atom is -0.392 e. The average molecular weight is 363 g/mol. The normalized spacial score (nSPS) is 10.5. The number of aliphatic hydroxyl groups excluding tert-OH is 1. The molecule has 2 rings (SSSR count). The van der Waals surface area contributed by atoms with Crippen LogP contribution in [-0.2, 0) is 13.0 Å². The molecule has 1 aromatic heterocycles. The van der Waals surface area contributed by atoms with Crippen LogP contribution in [0.3, 0.4) is 0 Å². The molecule has 0 saturated heterocycles. The van der Waals surface area contributed by atoms with E-state index in [1.807, 2.05) is 45.5 Å². The molecule has 0 saturated carbocycles. The first-order valence-electron chi connectivity index (χ1n) is 4.91. The molecule has 0 bridgehead atoms. The van der Waals surface area contributed by atoms with Gasteiger partial charge in [0.15, 0.2) is 0 Å². The molecule has 0 atom stereocenters. The molecule has 2 aromatic rings. The molecule has 0 amide bonds. The van der Waals surface area contributed by atoms with Crippen molar-refractivity contribution in [1.82, 2.24) is 5.16 Å². The minimum absolute atomic E-state index is 0.0630. The molecule has 0 radical (unpaired) electrons. The summed E-state index contributed by atoms with van der Waals surface area (Å²) in [7, 11) is 1.20. The Kier molecular flexibility index (Phi) is 4.69. The Balaban J connectivity index is 2.03. The van der Waals surface area contributed by atoms with E-state index in [0.29, 0.717) is 12.3 Å². The maximum absolute atomic E-state index is 8.93. The van der Waals surface area contributed by atoms with Crippen LogP contribution < -0.4 is 4.18 Å². The second-order valence-corrected chi connectivity index (χ2v) is 4.80. The molecule has 6 heteroatoms. The first-order chi connectivity index (χ1) is 8.31. The van der Waals surface area contributed by atoms with Gasteiger partial charge >= 0.3 is 0 Å². The highest BCUT2D eigenvalue weighted by molar-refractivity contribution is 14.2. The van der Waals surface area contributed by atoms with Crippen molar-refractivity contribution in [2.24, 2.45) is 0 Å². The molecule has 0 aliphatic heterocycles. The summed E-state index contributed by atoms with van der Waals surface area (Å²) in [4.78, 5) is 0. The van der Waals surface area contributed by atoms with Gasteiger partial charge in [0.05, 0.1) is 6.61 Å². The summed E-state index contributed by atoms with van der Waals surface area (Å²) in [6.07, 6.45) is 0.661. The predicted octanol–water partition coefficient (Wildman–Crippen LogP) is 3.13. The van der Waals surface area contributed by atoms with E-state index >= 15 is 0 Å². The van der Waals surface area contributed by atoms with Gasteiger partial charge < -0.3 is 13.8 Å². The summed E-state index contributed by atoms with van der Waals surface area (Å²) in [6, 6.07) is 9.47. The number of benzene rings is 1. The molecule has 0 aliphatic rings. The lowest BCUT2D eigenvalue weighted by Crippen LogP contribution is -1.87. The zero-order chi connectivity index (χ0) is 12.1. The quantitative estimate of drug-likeness (QED) is 0.654. The Morgan fingerprint density at radius 1 is 1.29 bits per heavy atom. The van der Waals surface area contributed by atoms with E-state index in [4.69, 9.17) is 13.8 Å². The molecular weight excluding hydrogens is 353 g/mol. The third kappa shape index (κ3) is 3.62. The lowest BCUT2D eigenvalue weighted by atomic mass is 10.1. The standard InChI is InChI=1S/C11H10INO3S/c12-17-16-11-6-10(15-13-11)5-8-1-3-9(7-14)4-2-8/h1-4,6,14H,5,7H2. The van der Waals surface area contributed by atoms with Crippen LogP contribution in [0.5, 0.6) is 5.88 Å². The SMILES string of the molecule is OCc1ccc(Cc2cc(OSI)no2)cc1. The molecule has 4 nitrogen and oxygen atoms in total. The van der Waals surface area contributed by atoms with Crippen LogP contribution in [0.15, 0.2) is 34.9 Å². The van der Waals surface area contributed by atoms with Crippen molar-refractivity contribution in [3.8, 4) is 5.88 Å². The Bertz CT molecular complexity index is 472. The molecule has 17 heavy (non-hydrogen) atoms. The number of hydrogen-bond donors (Lipinski definition) is 1. The highest BCUT2D eigenvalue weighted by Crippen LogP contribution is 2.21. The van der Waals surface area contributed by atoms with Crippen molar-refractivity contribution >= 4 is 30.4 Å². The van der Waals surface area contributed by atoms with E-state index in [1.165, 1.54) is 9.21 Å². The Hall–Kier alpha value is -0.730. The van der Waals surface area contributed by atoms with Gasteiger partial charge in [0.1, 0.15) is 15.0 Å². The van der Waals surface area contributed by atoms with Gasteiger partial charge in [-0.05, 0) is 16.3 Å². The van der Waals surface area contributed by atoms with Gasteiger partial charge in [0.25, 0.3) is 5.88 Å². The molecular formula is C11H10INO3S. The lowest BCUT2D eigenvalue weighted by molar-refractivity contribution is 0.282. The van der Waals surface area contributed by atoms with Gasteiger partial charge in [0, 0.05) is 33.7 Å². The van der Waals surface area contributed by atoms with Crippen molar-refractivity contribution in [2.45, 2.75) is 13.0 Å². The van der Waals surface area contributed by atoms with Crippen molar-refractivity contribution in [3.05, 3.63) is 47.2 Å². The zero-order valence-electron chi connectivity index (χ0n) is 8.80. The number of halogens is 1. The van der Waals surface area contributed by atoms with E-state index < -0.39 is 0 Å². The van der Waals surface area contributed by atoms with Crippen molar-refractivity contribution in [1.29, 1.82) is 0 Å². The molecule has 1 heterocycles. The molecule has 0 unspecified atom stereocenters. The first-order valence-corrected chi connectivity index (χ1v) is 8.20. The highest BCUT2D eigenvalue weighted by atomic mass is 127. The van der Waals surface area contributed by atoms with Crippen LogP contribution in [0.25, 0.3) is 0 Å². The summed E-state index contributed by atoms with van der Waals surface area (Å²) in [5, 5.41) is 12.7. The molecule has 0 aliphatic carbocycles. The van der Waals surface area contributed by atoms with Crippen molar-refractivity contribution < 1.29 is 13.8 Å². The van der Waals surface area contributed by atoms with Gasteiger partial charge in [-0.15, -0.1) is 0 Å². The van der Waals surface area contributed by atoms with Crippen LogP contribution in [-0.4, -0.2) is 10.3 Å². The number of hydrogen-bond acceptors (Lipinski definition) is 5. The van der Waals surface area contributed by atoms with Crippen LogP contribution >= 0.6 is 30.4 Å². The van der Waals surface area contributed by atoms with Crippen LogP contribution in [0.2, 0.25) is 0 Å². The smallest absolute Gasteiger partial charge is 0.268 e. The number of nitrogens with zero attached hydrogens (tertiary/aromatic N) is 1.